The number of amides is 1. The standard InChI is InChI=1S/C17H17N3O2/c1-17(22,16(21)19-13-7-3-2-4-8-13)11-20-12-18-14-9-5-6-10-15(14)20/h2-10,12,22H,11H2,1H3,(H,19,21). The number of anilines is 1. The van der Waals surface area contributed by atoms with Crippen LogP contribution in [0.25, 0.3) is 11.0 Å². The summed E-state index contributed by atoms with van der Waals surface area (Å²) in [6.07, 6.45) is 1.63. The van der Waals surface area contributed by atoms with Gasteiger partial charge in [-0.15, -0.1) is 0 Å². The Kier molecular flexibility index (Phi) is 3.65. The van der Waals surface area contributed by atoms with Crippen LogP contribution in [0.3, 0.4) is 0 Å². The van der Waals surface area contributed by atoms with Gasteiger partial charge in [0.25, 0.3) is 5.91 Å². The van der Waals surface area contributed by atoms with Crippen LogP contribution >= 0.6 is 0 Å². The smallest absolute Gasteiger partial charge is 0.257 e. The number of aliphatic hydroxyl groups is 1. The number of fused-ring (bicyclic) bond motifs is 1. The minimum absolute atomic E-state index is 0.131. The molecule has 2 N–H and O–H groups in total. The monoisotopic (exact) mass is 295 g/mol. The lowest BCUT2D eigenvalue weighted by Gasteiger charge is -2.23. The lowest BCUT2D eigenvalue weighted by Crippen LogP contribution is -2.43. The molecule has 0 saturated carbocycles. The maximum absolute atomic E-state index is 12.3. The molecule has 1 heterocycles. The Morgan fingerprint density at radius 3 is 2.64 bits per heavy atom. The molecular formula is C17H17N3O2. The van der Waals surface area contributed by atoms with Crippen molar-refractivity contribution in [2.45, 2.75) is 19.1 Å². The Hall–Kier alpha value is -2.66. The Labute approximate surface area is 128 Å². The van der Waals surface area contributed by atoms with Crippen LogP contribution in [0.4, 0.5) is 5.69 Å². The van der Waals surface area contributed by atoms with E-state index in [0.29, 0.717) is 5.69 Å². The van der Waals surface area contributed by atoms with Crippen LogP contribution in [0, 0.1) is 0 Å². The molecule has 3 rings (SSSR count). The second kappa shape index (κ2) is 5.61. The molecule has 2 aromatic carbocycles. The number of carbonyl (C=O) groups excluding carboxylic acids is 1. The summed E-state index contributed by atoms with van der Waals surface area (Å²) in [6, 6.07) is 16.7. The van der Waals surface area contributed by atoms with E-state index >= 15 is 0 Å². The summed E-state index contributed by atoms with van der Waals surface area (Å²) in [7, 11) is 0. The van der Waals surface area contributed by atoms with Gasteiger partial charge in [-0.25, -0.2) is 4.98 Å². The van der Waals surface area contributed by atoms with E-state index in [2.05, 4.69) is 10.3 Å². The Morgan fingerprint density at radius 2 is 1.86 bits per heavy atom. The van der Waals surface area contributed by atoms with E-state index in [9.17, 15) is 9.90 Å². The summed E-state index contributed by atoms with van der Waals surface area (Å²) >= 11 is 0. The number of aromatic nitrogens is 2. The first-order valence-corrected chi connectivity index (χ1v) is 7.05. The van der Waals surface area contributed by atoms with Crippen LogP contribution in [0.15, 0.2) is 60.9 Å². The number of nitrogens with one attached hydrogen (secondary N) is 1. The first-order chi connectivity index (χ1) is 10.6. The van der Waals surface area contributed by atoms with Crippen molar-refractivity contribution < 1.29 is 9.90 Å². The molecule has 22 heavy (non-hydrogen) atoms. The zero-order chi connectivity index (χ0) is 15.6. The lowest BCUT2D eigenvalue weighted by molar-refractivity contribution is -0.133. The van der Waals surface area contributed by atoms with E-state index in [1.807, 2.05) is 42.5 Å². The zero-order valence-corrected chi connectivity index (χ0v) is 12.2. The summed E-state index contributed by atoms with van der Waals surface area (Å²) in [5.74, 6) is -0.448. The van der Waals surface area contributed by atoms with E-state index in [1.54, 1.807) is 23.0 Å². The minimum atomic E-state index is -1.54. The number of imidazole rings is 1. The summed E-state index contributed by atoms with van der Waals surface area (Å²) in [5, 5.41) is 13.2. The zero-order valence-electron chi connectivity index (χ0n) is 12.2. The van der Waals surface area contributed by atoms with Crippen LogP contribution in [0.2, 0.25) is 0 Å². The highest BCUT2D eigenvalue weighted by Gasteiger charge is 2.31. The van der Waals surface area contributed by atoms with E-state index in [4.69, 9.17) is 0 Å². The molecule has 0 aliphatic rings. The third kappa shape index (κ3) is 2.84. The van der Waals surface area contributed by atoms with Crippen molar-refractivity contribution in [2.24, 2.45) is 0 Å². The quantitative estimate of drug-likeness (QED) is 0.777. The summed E-state index contributed by atoms with van der Waals surface area (Å²) in [6.45, 7) is 1.63. The van der Waals surface area contributed by atoms with Crippen molar-refractivity contribution in [3.8, 4) is 0 Å². The molecule has 5 nitrogen and oxygen atoms in total. The van der Waals surface area contributed by atoms with Crippen LogP contribution in [0.5, 0.6) is 0 Å². The molecule has 0 saturated heterocycles. The molecule has 1 aromatic heterocycles. The number of para-hydroxylation sites is 3. The van der Waals surface area contributed by atoms with Gasteiger partial charge in [0.1, 0.15) is 0 Å². The highest BCUT2D eigenvalue weighted by atomic mass is 16.3. The molecule has 112 valence electrons. The molecule has 0 aliphatic heterocycles. The van der Waals surface area contributed by atoms with Gasteiger partial charge >= 0.3 is 0 Å². The van der Waals surface area contributed by atoms with Crippen LogP contribution in [0.1, 0.15) is 6.92 Å². The molecule has 5 heteroatoms. The van der Waals surface area contributed by atoms with Gasteiger partial charge < -0.3 is 15.0 Å². The van der Waals surface area contributed by atoms with Gasteiger partial charge in [-0.05, 0) is 31.2 Å². The van der Waals surface area contributed by atoms with Crippen molar-refractivity contribution in [2.75, 3.05) is 5.32 Å². The van der Waals surface area contributed by atoms with Crippen LogP contribution < -0.4 is 5.32 Å². The second-order valence-corrected chi connectivity index (χ2v) is 5.46. The van der Waals surface area contributed by atoms with Crippen molar-refractivity contribution >= 4 is 22.6 Å². The molecule has 0 aliphatic carbocycles. The molecule has 3 aromatic rings. The summed E-state index contributed by atoms with van der Waals surface area (Å²) in [5.41, 5.74) is 0.833. The number of rotatable bonds is 4. The lowest BCUT2D eigenvalue weighted by atomic mass is 10.1. The average molecular weight is 295 g/mol. The van der Waals surface area contributed by atoms with Gasteiger partial charge in [0.15, 0.2) is 5.60 Å². The normalized spacial score (nSPS) is 13.7. The molecule has 1 amide bonds. The van der Waals surface area contributed by atoms with Crippen LogP contribution in [-0.2, 0) is 11.3 Å². The van der Waals surface area contributed by atoms with Crippen molar-refractivity contribution in [1.82, 2.24) is 9.55 Å². The fraction of sp³-hybridized carbons (Fsp3) is 0.176. The van der Waals surface area contributed by atoms with Gasteiger partial charge in [-0.2, -0.15) is 0 Å². The SMILES string of the molecule is CC(O)(Cn1cnc2ccccc21)C(=O)Nc1ccccc1. The third-order valence-electron chi connectivity index (χ3n) is 3.53. The molecule has 0 spiro atoms. The maximum Gasteiger partial charge on any atom is 0.257 e. The van der Waals surface area contributed by atoms with E-state index < -0.39 is 11.5 Å². The van der Waals surface area contributed by atoms with Gasteiger partial charge in [0.2, 0.25) is 0 Å². The van der Waals surface area contributed by atoms with Gasteiger partial charge in [-0.3, -0.25) is 4.79 Å². The molecule has 1 unspecified atom stereocenters. The highest BCUT2D eigenvalue weighted by molar-refractivity contribution is 5.96. The van der Waals surface area contributed by atoms with Crippen molar-refractivity contribution in [3.63, 3.8) is 0 Å². The molecule has 0 bridgehead atoms. The first-order valence-electron chi connectivity index (χ1n) is 7.05. The minimum Gasteiger partial charge on any atom is -0.378 e. The number of benzene rings is 2. The Balaban J connectivity index is 1.79. The third-order valence-corrected chi connectivity index (χ3v) is 3.53. The predicted octanol–water partition coefficient (Wildman–Crippen LogP) is 2.43. The van der Waals surface area contributed by atoms with Crippen molar-refractivity contribution in [1.29, 1.82) is 0 Å². The first kappa shape index (κ1) is 14.3. The molecule has 0 radical (unpaired) electrons. The summed E-state index contributed by atoms with van der Waals surface area (Å²) < 4.78 is 1.78. The Bertz CT molecular complexity index is 794. The predicted molar refractivity (Wildman–Crippen MR) is 85.4 cm³/mol. The van der Waals surface area contributed by atoms with Gasteiger partial charge in [-0.1, -0.05) is 30.3 Å². The van der Waals surface area contributed by atoms with E-state index in [1.165, 1.54) is 6.92 Å². The van der Waals surface area contributed by atoms with E-state index in [-0.39, 0.29) is 6.54 Å². The summed E-state index contributed by atoms with van der Waals surface area (Å²) in [4.78, 5) is 16.6. The highest BCUT2D eigenvalue weighted by Crippen LogP contribution is 2.17. The second-order valence-electron chi connectivity index (χ2n) is 5.46. The topological polar surface area (TPSA) is 67.1 Å². The maximum atomic E-state index is 12.3. The number of carbonyl (C=O) groups is 1. The van der Waals surface area contributed by atoms with Crippen LogP contribution in [-0.4, -0.2) is 26.2 Å². The molecule has 0 fully saturated rings. The van der Waals surface area contributed by atoms with Gasteiger partial charge in [0.05, 0.1) is 23.9 Å². The van der Waals surface area contributed by atoms with Crippen molar-refractivity contribution in [3.05, 3.63) is 60.9 Å². The number of hydrogen-bond acceptors (Lipinski definition) is 3. The molecule has 1 atom stereocenters. The van der Waals surface area contributed by atoms with Gasteiger partial charge in [0, 0.05) is 5.69 Å². The Morgan fingerprint density at radius 1 is 1.18 bits per heavy atom. The fourth-order valence-electron chi connectivity index (χ4n) is 2.33. The largest absolute Gasteiger partial charge is 0.378 e. The average Bonchev–Trinajstić information content (AvgIpc) is 2.91. The number of hydrogen-bond donors (Lipinski definition) is 2. The number of nitrogens with zero attached hydrogens (tertiary/aromatic N) is 2. The van der Waals surface area contributed by atoms with E-state index in [0.717, 1.165) is 11.0 Å². The molecular weight excluding hydrogens is 278 g/mol. The fourth-order valence-corrected chi connectivity index (χ4v) is 2.33.